The summed E-state index contributed by atoms with van der Waals surface area (Å²) in [6.45, 7) is 0. The Kier molecular flexibility index (Phi) is 2.34. The lowest BCUT2D eigenvalue weighted by molar-refractivity contribution is 0.466. The third kappa shape index (κ3) is 1.78. The zero-order chi connectivity index (χ0) is 11.7. The number of pyridine rings is 1. The molecule has 3 heterocycles. The first-order chi connectivity index (χ1) is 8.34. The van der Waals surface area contributed by atoms with Crippen LogP contribution >= 0.6 is 11.6 Å². The summed E-state index contributed by atoms with van der Waals surface area (Å²) in [5, 5.41) is 7.57. The predicted octanol–water partition coefficient (Wildman–Crippen LogP) is 2.19. The number of hydrogen-bond acceptors (Lipinski definition) is 5. The van der Waals surface area contributed by atoms with Crippen LogP contribution in [0, 0.1) is 0 Å². The van der Waals surface area contributed by atoms with Gasteiger partial charge in [0.1, 0.15) is 11.7 Å². The molecule has 0 aliphatic rings. The normalized spacial score (nSPS) is 10.6. The Bertz CT molecular complexity index is 668. The highest BCUT2D eigenvalue weighted by atomic mass is 35.5. The van der Waals surface area contributed by atoms with Crippen molar-refractivity contribution in [1.82, 2.24) is 25.1 Å². The lowest BCUT2D eigenvalue weighted by Crippen LogP contribution is -1.91. The second-order valence-corrected chi connectivity index (χ2v) is 3.56. The van der Waals surface area contributed by atoms with E-state index in [-0.39, 0.29) is 5.15 Å². The Hall–Kier alpha value is -2.21. The van der Waals surface area contributed by atoms with E-state index in [4.69, 9.17) is 16.3 Å². The van der Waals surface area contributed by atoms with E-state index in [1.807, 2.05) is 0 Å². The number of ether oxygens (including phenoxy) is 1. The van der Waals surface area contributed by atoms with Crippen molar-refractivity contribution in [3.63, 3.8) is 0 Å². The maximum atomic E-state index is 5.90. The van der Waals surface area contributed by atoms with Crippen LogP contribution in [-0.4, -0.2) is 25.1 Å². The van der Waals surface area contributed by atoms with E-state index in [0.29, 0.717) is 22.7 Å². The Morgan fingerprint density at radius 1 is 1.24 bits per heavy atom. The molecule has 84 valence electrons. The van der Waals surface area contributed by atoms with E-state index in [9.17, 15) is 0 Å². The molecule has 0 bridgehead atoms. The lowest BCUT2D eigenvalue weighted by Gasteiger charge is -2.05. The number of nitrogens with one attached hydrogen (secondary N) is 1. The first-order valence-corrected chi connectivity index (χ1v) is 5.15. The summed E-state index contributed by atoms with van der Waals surface area (Å²) >= 11 is 5.90. The van der Waals surface area contributed by atoms with Crippen molar-refractivity contribution >= 4 is 22.6 Å². The summed E-state index contributed by atoms with van der Waals surface area (Å²) in [5.41, 5.74) is 0.606. The molecule has 6 nitrogen and oxygen atoms in total. The van der Waals surface area contributed by atoms with E-state index in [1.54, 1.807) is 24.5 Å². The number of halogens is 1. The Balaban J connectivity index is 2.06. The van der Waals surface area contributed by atoms with Gasteiger partial charge in [0.2, 0.25) is 5.88 Å². The topological polar surface area (TPSA) is 76.6 Å². The van der Waals surface area contributed by atoms with Crippen LogP contribution in [0.2, 0.25) is 5.15 Å². The molecule has 0 saturated carbocycles. The standard InChI is InChI=1S/C10H6ClN5O/c11-8-7(2-1-3-12-8)17-10-6-4-15-16-9(6)13-5-14-10/h1-5H,(H,13,14,15,16). The fourth-order valence-electron chi connectivity index (χ4n) is 1.38. The molecule has 0 spiro atoms. The molecular formula is C10H6ClN5O. The van der Waals surface area contributed by atoms with E-state index in [2.05, 4.69) is 25.1 Å². The van der Waals surface area contributed by atoms with E-state index >= 15 is 0 Å². The first-order valence-electron chi connectivity index (χ1n) is 4.77. The molecule has 0 amide bonds. The number of H-pyrrole nitrogens is 1. The SMILES string of the molecule is Clc1ncccc1Oc1ncnc2[nH]ncc12. The molecule has 17 heavy (non-hydrogen) atoms. The number of rotatable bonds is 2. The fraction of sp³-hybridized carbons (Fsp3) is 0. The number of nitrogens with zero attached hydrogens (tertiary/aromatic N) is 4. The molecule has 0 fully saturated rings. The summed E-state index contributed by atoms with van der Waals surface area (Å²) in [4.78, 5) is 12.0. The van der Waals surface area contributed by atoms with Gasteiger partial charge in [-0.25, -0.2) is 15.0 Å². The van der Waals surface area contributed by atoms with Gasteiger partial charge < -0.3 is 4.74 Å². The second kappa shape index (κ2) is 3.99. The molecule has 0 atom stereocenters. The van der Waals surface area contributed by atoms with Gasteiger partial charge in [0.05, 0.1) is 6.20 Å². The zero-order valence-corrected chi connectivity index (χ0v) is 9.22. The molecule has 0 saturated heterocycles. The second-order valence-electron chi connectivity index (χ2n) is 3.21. The number of hydrogen-bond donors (Lipinski definition) is 1. The van der Waals surface area contributed by atoms with Gasteiger partial charge >= 0.3 is 0 Å². The molecule has 7 heteroatoms. The van der Waals surface area contributed by atoms with Crippen LogP contribution < -0.4 is 4.74 Å². The van der Waals surface area contributed by atoms with Crippen LogP contribution in [0.5, 0.6) is 11.6 Å². The highest BCUT2D eigenvalue weighted by Gasteiger charge is 2.09. The summed E-state index contributed by atoms with van der Waals surface area (Å²) < 4.78 is 5.58. The maximum Gasteiger partial charge on any atom is 0.233 e. The molecule has 3 aromatic rings. The van der Waals surface area contributed by atoms with Gasteiger partial charge in [0, 0.05) is 6.20 Å². The van der Waals surface area contributed by atoms with Crippen LogP contribution in [0.15, 0.2) is 30.9 Å². The van der Waals surface area contributed by atoms with Crippen LogP contribution in [0.3, 0.4) is 0 Å². The lowest BCUT2D eigenvalue weighted by atomic mass is 10.4. The molecular weight excluding hydrogens is 242 g/mol. The zero-order valence-electron chi connectivity index (χ0n) is 8.46. The molecule has 3 rings (SSSR count). The molecule has 0 unspecified atom stereocenters. The minimum atomic E-state index is 0.280. The van der Waals surface area contributed by atoms with Gasteiger partial charge in [-0.15, -0.1) is 0 Å². The first kappa shape index (κ1) is 9.98. The average Bonchev–Trinajstić information content (AvgIpc) is 2.81. The highest BCUT2D eigenvalue weighted by molar-refractivity contribution is 6.30. The van der Waals surface area contributed by atoms with Gasteiger partial charge in [-0.2, -0.15) is 5.10 Å². The van der Waals surface area contributed by atoms with Gasteiger partial charge in [0.15, 0.2) is 16.5 Å². The van der Waals surface area contributed by atoms with Crippen molar-refractivity contribution in [2.24, 2.45) is 0 Å². The number of aromatic nitrogens is 5. The van der Waals surface area contributed by atoms with Crippen LogP contribution in [0.4, 0.5) is 0 Å². The third-order valence-electron chi connectivity index (χ3n) is 2.14. The van der Waals surface area contributed by atoms with E-state index < -0.39 is 0 Å². The summed E-state index contributed by atoms with van der Waals surface area (Å²) in [5.74, 6) is 0.828. The Morgan fingerprint density at radius 2 is 2.18 bits per heavy atom. The van der Waals surface area contributed by atoms with Gasteiger partial charge in [-0.05, 0) is 12.1 Å². The van der Waals surface area contributed by atoms with Crippen LogP contribution in [0.1, 0.15) is 0 Å². The monoisotopic (exact) mass is 247 g/mol. The maximum absolute atomic E-state index is 5.90. The van der Waals surface area contributed by atoms with Crippen LogP contribution in [-0.2, 0) is 0 Å². The van der Waals surface area contributed by atoms with Crippen molar-refractivity contribution in [2.75, 3.05) is 0 Å². The van der Waals surface area contributed by atoms with Crippen molar-refractivity contribution in [3.05, 3.63) is 36.0 Å². The van der Waals surface area contributed by atoms with Gasteiger partial charge in [-0.1, -0.05) is 11.6 Å². The quantitative estimate of drug-likeness (QED) is 0.703. The largest absolute Gasteiger partial charge is 0.435 e. The molecule has 0 aliphatic carbocycles. The van der Waals surface area contributed by atoms with Crippen LogP contribution in [0.25, 0.3) is 11.0 Å². The Morgan fingerprint density at radius 3 is 3.06 bits per heavy atom. The molecule has 3 aromatic heterocycles. The summed E-state index contributed by atoms with van der Waals surface area (Å²) in [7, 11) is 0. The fourth-order valence-corrected chi connectivity index (χ4v) is 1.53. The predicted molar refractivity (Wildman–Crippen MR) is 61.0 cm³/mol. The number of aromatic amines is 1. The minimum Gasteiger partial charge on any atom is -0.435 e. The Labute approximate surface area is 101 Å². The molecule has 0 radical (unpaired) electrons. The third-order valence-corrected chi connectivity index (χ3v) is 2.43. The average molecular weight is 248 g/mol. The molecule has 1 N–H and O–H groups in total. The van der Waals surface area contributed by atoms with Crippen molar-refractivity contribution in [3.8, 4) is 11.6 Å². The molecule has 0 aliphatic heterocycles. The van der Waals surface area contributed by atoms with Gasteiger partial charge in [0.25, 0.3) is 0 Å². The van der Waals surface area contributed by atoms with Crippen molar-refractivity contribution < 1.29 is 4.74 Å². The van der Waals surface area contributed by atoms with E-state index in [0.717, 1.165) is 0 Å². The highest BCUT2D eigenvalue weighted by Crippen LogP contribution is 2.29. The summed E-state index contributed by atoms with van der Waals surface area (Å²) in [6.07, 6.45) is 4.57. The van der Waals surface area contributed by atoms with E-state index in [1.165, 1.54) is 6.33 Å². The van der Waals surface area contributed by atoms with Crippen molar-refractivity contribution in [1.29, 1.82) is 0 Å². The number of fused-ring (bicyclic) bond motifs is 1. The minimum absolute atomic E-state index is 0.280. The van der Waals surface area contributed by atoms with Gasteiger partial charge in [-0.3, -0.25) is 5.10 Å². The smallest absolute Gasteiger partial charge is 0.233 e. The van der Waals surface area contributed by atoms with Crippen molar-refractivity contribution in [2.45, 2.75) is 0 Å². The summed E-state index contributed by atoms with van der Waals surface area (Å²) in [6, 6.07) is 3.44. The molecule has 0 aromatic carbocycles.